The SMILES string of the molecule is CC(=O)Nc1cccc(NC(=O)CCCNC(=O)c2ccccc2)c1C. The summed E-state index contributed by atoms with van der Waals surface area (Å²) in [6, 6.07) is 14.3. The maximum atomic E-state index is 12.1. The Balaban J connectivity index is 1.79. The van der Waals surface area contributed by atoms with Gasteiger partial charge in [-0.2, -0.15) is 0 Å². The van der Waals surface area contributed by atoms with E-state index in [1.54, 1.807) is 42.5 Å². The Morgan fingerprint density at radius 3 is 2.19 bits per heavy atom. The number of nitrogens with one attached hydrogen (secondary N) is 3. The first kappa shape index (κ1) is 19.2. The van der Waals surface area contributed by atoms with Crippen LogP contribution in [0.2, 0.25) is 0 Å². The number of rotatable bonds is 7. The van der Waals surface area contributed by atoms with Gasteiger partial charge in [0.2, 0.25) is 11.8 Å². The Hall–Kier alpha value is -3.15. The quantitative estimate of drug-likeness (QED) is 0.669. The predicted octanol–water partition coefficient (Wildman–Crippen LogP) is 3.10. The molecule has 6 heteroatoms. The summed E-state index contributed by atoms with van der Waals surface area (Å²) in [6.45, 7) is 3.70. The van der Waals surface area contributed by atoms with E-state index in [9.17, 15) is 14.4 Å². The van der Waals surface area contributed by atoms with Crippen molar-refractivity contribution in [3.8, 4) is 0 Å². The van der Waals surface area contributed by atoms with Crippen LogP contribution in [0.25, 0.3) is 0 Å². The average molecular weight is 353 g/mol. The van der Waals surface area contributed by atoms with Crippen molar-refractivity contribution in [1.82, 2.24) is 5.32 Å². The van der Waals surface area contributed by atoms with Crippen LogP contribution < -0.4 is 16.0 Å². The van der Waals surface area contributed by atoms with Crippen LogP contribution in [0.4, 0.5) is 11.4 Å². The lowest BCUT2D eigenvalue weighted by molar-refractivity contribution is -0.116. The lowest BCUT2D eigenvalue weighted by Gasteiger charge is -2.13. The monoisotopic (exact) mass is 353 g/mol. The molecule has 0 aliphatic rings. The number of carbonyl (C=O) groups excluding carboxylic acids is 3. The summed E-state index contributed by atoms with van der Waals surface area (Å²) < 4.78 is 0. The molecule has 0 aromatic heterocycles. The van der Waals surface area contributed by atoms with Crippen molar-refractivity contribution in [2.24, 2.45) is 0 Å². The van der Waals surface area contributed by atoms with Crippen LogP contribution in [-0.2, 0) is 9.59 Å². The maximum Gasteiger partial charge on any atom is 0.251 e. The van der Waals surface area contributed by atoms with E-state index in [-0.39, 0.29) is 17.7 Å². The molecule has 26 heavy (non-hydrogen) atoms. The molecule has 0 fully saturated rings. The second-order valence-corrected chi connectivity index (χ2v) is 5.93. The maximum absolute atomic E-state index is 12.1. The summed E-state index contributed by atoms with van der Waals surface area (Å²) in [6.07, 6.45) is 0.827. The molecule has 2 aromatic carbocycles. The fourth-order valence-electron chi connectivity index (χ4n) is 2.45. The van der Waals surface area contributed by atoms with Gasteiger partial charge in [0.15, 0.2) is 0 Å². The zero-order valence-electron chi connectivity index (χ0n) is 15.0. The van der Waals surface area contributed by atoms with Crippen molar-refractivity contribution < 1.29 is 14.4 Å². The van der Waals surface area contributed by atoms with Crippen LogP contribution in [0, 0.1) is 6.92 Å². The standard InChI is InChI=1S/C20H23N3O3/c1-14-17(22-15(2)24)10-6-11-18(14)23-19(25)12-7-13-21-20(26)16-8-4-3-5-9-16/h3-6,8-11H,7,12-13H2,1-2H3,(H,21,26)(H,22,24)(H,23,25). The van der Waals surface area contributed by atoms with Crippen LogP contribution in [-0.4, -0.2) is 24.3 Å². The van der Waals surface area contributed by atoms with Gasteiger partial charge in [-0.1, -0.05) is 24.3 Å². The number of anilines is 2. The molecule has 0 aliphatic heterocycles. The van der Waals surface area contributed by atoms with Gasteiger partial charge >= 0.3 is 0 Å². The van der Waals surface area contributed by atoms with Gasteiger partial charge in [0.1, 0.15) is 0 Å². The number of carbonyl (C=O) groups is 3. The molecule has 2 aromatic rings. The molecule has 0 heterocycles. The van der Waals surface area contributed by atoms with E-state index in [2.05, 4.69) is 16.0 Å². The fourth-order valence-corrected chi connectivity index (χ4v) is 2.45. The zero-order valence-corrected chi connectivity index (χ0v) is 15.0. The van der Waals surface area contributed by atoms with Gasteiger partial charge in [-0.05, 0) is 43.2 Å². The van der Waals surface area contributed by atoms with Crippen molar-refractivity contribution in [1.29, 1.82) is 0 Å². The van der Waals surface area contributed by atoms with Crippen molar-refractivity contribution in [2.45, 2.75) is 26.7 Å². The topological polar surface area (TPSA) is 87.3 Å². The van der Waals surface area contributed by atoms with E-state index in [4.69, 9.17) is 0 Å². The van der Waals surface area contributed by atoms with Gasteiger partial charge in [0.05, 0.1) is 0 Å². The lowest BCUT2D eigenvalue weighted by atomic mass is 10.1. The van der Waals surface area contributed by atoms with E-state index in [1.807, 2.05) is 13.0 Å². The van der Waals surface area contributed by atoms with Crippen molar-refractivity contribution in [3.05, 3.63) is 59.7 Å². The van der Waals surface area contributed by atoms with Gasteiger partial charge < -0.3 is 16.0 Å². The van der Waals surface area contributed by atoms with E-state index < -0.39 is 0 Å². The van der Waals surface area contributed by atoms with Gasteiger partial charge in [-0.25, -0.2) is 0 Å². The average Bonchev–Trinajstić information content (AvgIpc) is 2.62. The summed E-state index contributed by atoms with van der Waals surface area (Å²) in [4.78, 5) is 35.2. The second kappa shape index (κ2) is 9.36. The summed E-state index contributed by atoms with van der Waals surface area (Å²) in [7, 11) is 0. The number of benzene rings is 2. The molecule has 0 saturated carbocycles. The van der Waals surface area contributed by atoms with Crippen molar-refractivity contribution in [3.63, 3.8) is 0 Å². The highest BCUT2D eigenvalue weighted by atomic mass is 16.2. The lowest BCUT2D eigenvalue weighted by Crippen LogP contribution is -2.25. The molecule has 0 radical (unpaired) electrons. The molecule has 0 spiro atoms. The summed E-state index contributed by atoms with van der Waals surface area (Å²) in [5.41, 5.74) is 2.73. The first-order chi connectivity index (χ1) is 12.5. The molecule has 0 aliphatic carbocycles. The summed E-state index contributed by atoms with van der Waals surface area (Å²) in [5.74, 6) is -0.447. The number of hydrogen-bond donors (Lipinski definition) is 3. The van der Waals surface area contributed by atoms with Gasteiger partial charge in [-0.15, -0.1) is 0 Å². The molecule has 0 atom stereocenters. The number of amides is 3. The molecule has 3 amide bonds. The Bertz CT molecular complexity index is 788. The highest BCUT2D eigenvalue weighted by molar-refractivity contribution is 5.95. The normalized spacial score (nSPS) is 10.1. The van der Waals surface area contributed by atoms with Crippen LogP contribution >= 0.6 is 0 Å². The Morgan fingerprint density at radius 2 is 1.54 bits per heavy atom. The molecule has 136 valence electrons. The molecule has 0 unspecified atom stereocenters. The molecule has 3 N–H and O–H groups in total. The molecule has 2 rings (SSSR count). The van der Waals surface area contributed by atoms with Crippen LogP contribution in [0.1, 0.15) is 35.7 Å². The van der Waals surface area contributed by atoms with Crippen molar-refractivity contribution in [2.75, 3.05) is 17.2 Å². The van der Waals surface area contributed by atoms with Crippen LogP contribution in [0.3, 0.4) is 0 Å². The largest absolute Gasteiger partial charge is 0.352 e. The molecular weight excluding hydrogens is 330 g/mol. The van der Waals surface area contributed by atoms with E-state index >= 15 is 0 Å². The molecule has 0 bridgehead atoms. The second-order valence-electron chi connectivity index (χ2n) is 5.93. The van der Waals surface area contributed by atoms with Gasteiger partial charge in [-0.3, -0.25) is 14.4 Å². The Labute approximate surface area is 153 Å². The third kappa shape index (κ3) is 5.73. The molecule has 0 saturated heterocycles. The summed E-state index contributed by atoms with van der Waals surface area (Å²) in [5, 5.41) is 8.36. The van der Waals surface area contributed by atoms with E-state index in [1.165, 1.54) is 6.92 Å². The molecular formula is C20H23N3O3. The first-order valence-corrected chi connectivity index (χ1v) is 8.47. The minimum Gasteiger partial charge on any atom is -0.352 e. The van der Waals surface area contributed by atoms with Crippen LogP contribution in [0.15, 0.2) is 48.5 Å². The van der Waals surface area contributed by atoms with Gasteiger partial charge in [0, 0.05) is 36.8 Å². The Kier molecular flexibility index (Phi) is 6.91. The summed E-state index contributed by atoms with van der Waals surface area (Å²) >= 11 is 0. The highest BCUT2D eigenvalue weighted by Gasteiger charge is 2.09. The molecule has 6 nitrogen and oxygen atoms in total. The smallest absolute Gasteiger partial charge is 0.251 e. The minimum absolute atomic E-state index is 0.137. The van der Waals surface area contributed by atoms with Crippen molar-refractivity contribution >= 4 is 29.1 Å². The first-order valence-electron chi connectivity index (χ1n) is 8.47. The van der Waals surface area contributed by atoms with E-state index in [0.29, 0.717) is 36.3 Å². The van der Waals surface area contributed by atoms with Gasteiger partial charge in [0.25, 0.3) is 5.91 Å². The zero-order chi connectivity index (χ0) is 18.9. The Morgan fingerprint density at radius 1 is 0.885 bits per heavy atom. The van der Waals surface area contributed by atoms with E-state index in [0.717, 1.165) is 5.56 Å². The third-order valence-corrected chi connectivity index (χ3v) is 3.82. The number of hydrogen-bond acceptors (Lipinski definition) is 3. The van der Waals surface area contributed by atoms with Crippen LogP contribution in [0.5, 0.6) is 0 Å². The fraction of sp³-hybridized carbons (Fsp3) is 0.250. The highest BCUT2D eigenvalue weighted by Crippen LogP contribution is 2.23. The predicted molar refractivity (Wildman–Crippen MR) is 102 cm³/mol. The third-order valence-electron chi connectivity index (χ3n) is 3.82. The minimum atomic E-state index is -0.161.